The van der Waals surface area contributed by atoms with E-state index in [0.29, 0.717) is 18.6 Å². The first-order valence-corrected chi connectivity index (χ1v) is 7.66. The first-order chi connectivity index (χ1) is 9.16. The molecule has 1 heterocycles. The minimum atomic E-state index is 0.260. The fourth-order valence-electron chi connectivity index (χ4n) is 3.05. The number of nitrogens with zero attached hydrogens (tertiary/aromatic N) is 1. The molecule has 1 aromatic rings. The largest absolute Gasteiger partial charge is 0.310 e. The molecule has 3 heteroatoms. The maximum atomic E-state index is 12.7. The molecule has 2 aliphatic rings. The summed E-state index contributed by atoms with van der Waals surface area (Å²) in [5, 5.41) is 3.38. The molecule has 0 atom stereocenters. The van der Waals surface area contributed by atoms with Gasteiger partial charge in [-0.15, -0.1) is 0 Å². The Bertz CT molecular complexity index is 526. The summed E-state index contributed by atoms with van der Waals surface area (Å²) in [6.45, 7) is 4.95. The molecule has 3 rings (SSSR count). The molecule has 0 bridgehead atoms. The molecular weight excluding hydrogens is 236 g/mol. The van der Waals surface area contributed by atoms with Gasteiger partial charge in [0.1, 0.15) is 0 Å². The molecule has 1 aromatic heterocycles. The van der Waals surface area contributed by atoms with Crippen LogP contribution in [-0.4, -0.2) is 10.6 Å². The lowest BCUT2D eigenvalue weighted by atomic mass is 9.94. The molecule has 19 heavy (non-hydrogen) atoms. The van der Waals surface area contributed by atoms with Crippen LogP contribution < -0.4 is 10.9 Å². The van der Waals surface area contributed by atoms with Crippen LogP contribution in [0.3, 0.4) is 0 Å². The third-order valence-corrected chi connectivity index (χ3v) is 4.23. The zero-order valence-corrected chi connectivity index (χ0v) is 12.0. The molecule has 2 aliphatic carbocycles. The monoisotopic (exact) mass is 260 g/mol. The summed E-state index contributed by atoms with van der Waals surface area (Å²) >= 11 is 0. The van der Waals surface area contributed by atoms with Gasteiger partial charge in [-0.05, 0) is 50.2 Å². The van der Waals surface area contributed by atoms with Crippen LogP contribution >= 0.6 is 0 Å². The summed E-state index contributed by atoms with van der Waals surface area (Å²) < 4.78 is 2.13. The van der Waals surface area contributed by atoms with Crippen molar-refractivity contribution in [1.29, 1.82) is 0 Å². The van der Waals surface area contributed by atoms with E-state index < -0.39 is 0 Å². The highest BCUT2D eigenvalue weighted by Gasteiger charge is 2.29. The molecule has 0 aliphatic heterocycles. The molecule has 104 valence electrons. The van der Waals surface area contributed by atoms with Crippen molar-refractivity contribution < 1.29 is 0 Å². The summed E-state index contributed by atoms with van der Waals surface area (Å²) in [5.74, 6) is 0. The lowest BCUT2D eigenvalue weighted by molar-refractivity contribution is 0.554. The van der Waals surface area contributed by atoms with Crippen LogP contribution in [0, 0.1) is 0 Å². The summed E-state index contributed by atoms with van der Waals surface area (Å²) in [4.78, 5) is 12.7. The van der Waals surface area contributed by atoms with Crippen LogP contribution in [0.2, 0.25) is 0 Å². The van der Waals surface area contributed by atoms with E-state index in [4.69, 9.17) is 0 Å². The smallest absolute Gasteiger partial charge is 0.255 e. The van der Waals surface area contributed by atoms with Gasteiger partial charge in [-0.3, -0.25) is 4.79 Å². The summed E-state index contributed by atoms with van der Waals surface area (Å²) in [5.41, 5.74) is 3.99. The molecule has 0 saturated heterocycles. The summed E-state index contributed by atoms with van der Waals surface area (Å²) in [6.07, 6.45) is 7.13. The van der Waals surface area contributed by atoms with E-state index >= 15 is 0 Å². The van der Waals surface area contributed by atoms with Crippen molar-refractivity contribution in [3.8, 4) is 0 Å². The quantitative estimate of drug-likeness (QED) is 0.902. The SMILES string of the molecule is CC(C)NCc1cc2c(n(C3CC3)c1=O)CCCC2. The van der Waals surface area contributed by atoms with Crippen LogP contribution in [0.4, 0.5) is 0 Å². The van der Waals surface area contributed by atoms with Crippen LogP contribution in [0.5, 0.6) is 0 Å². The van der Waals surface area contributed by atoms with E-state index in [9.17, 15) is 4.79 Å². The Morgan fingerprint density at radius 2 is 2.05 bits per heavy atom. The predicted octanol–water partition coefficient (Wildman–Crippen LogP) is 2.56. The van der Waals surface area contributed by atoms with Crippen LogP contribution in [-0.2, 0) is 19.4 Å². The average molecular weight is 260 g/mol. The van der Waals surface area contributed by atoms with Gasteiger partial charge in [0.2, 0.25) is 0 Å². The van der Waals surface area contributed by atoms with Crippen molar-refractivity contribution in [2.75, 3.05) is 0 Å². The van der Waals surface area contributed by atoms with Crippen molar-refractivity contribution in [2.45, 2.75) is 71.0 Å². The normalized spacial score (nSPS) is 18.7. The Kier molecular flexibility index (Phi) is 3.48. The predicted molar refractivity (Wildman–Crippen MR) is 77.6 cm³/mol. The second-order valence-corrected chi connectivity index (χ2v) is 6.29. The maximum absolute atomic E-state index is 12.7. The van der Waals surface area contributed by atoms with Gasteiger partial charge in [-0.1, -0.05) is 13.8 Å². The van der Waals surface area contributed by atoms with Crippen molar-refractivity contribution in [3.05, 3.63) is 33.2 Å². The molecule has 0 spiro atoms. The number of nitrogens with one attached hydrogen (secondary N) is 1. The molecular formula is C16H24N2O. The fourth-order valence-corrected chi connectivity index (χ4v) is 3.05. The Hall–Kier alpha value is -1.09. The van der Waals surface area contributed by atoms with Gasteiger partial charge < -0.3 is 9.88 Å². The average Bonchev–Trinajstić information content (AvgIpc) is 3.20. The number of aryl methyl sites for hydroxylation is 1. The van der Waals surface area contributed by atoms with E-state index in [1.807, 2.05) is 0 Å². The van der Waals surface area contributed by atoms with Gasteiger partial charge in [0, 0.05) is 29.9 Å². The van der Waals surface area contributed by atoms with Gasteiger partial charge >= 0.3 is 0 Å². The van der Waals surface area contributed by atoms with Gasteiger partial charge in [0.25, 0.3) is 5.56 Å². The van der Waals surface area contributed by atoms with Crippen molar-refractivity contribution in [3.63, 3.8) is 0 Å². The van der Waals surface area contributed by atoms with Gasteiger partial charge in [-0.2, -0.15) is 0 Å². The maximum Gasteiger partial charge on any atom is 0.255 e. The molecule has 1 saturated carbocycles. The van der Waals surface area contributed by atoms with E-state index in [1.54, 1.807) is 0 Å². The molecule has 1 N–H and O–H groups in total. The first kappa shape index (κ1) is 12.9. The Morgan fingerprint density at radius 3 is 2.74 bits per heavy atom. The van der Waals surface area contributed by atoms with E-state index in [2.05, 4.69) is 29.8 Å². The second kappa shape index (κ2) is 5.12. The molecule has 1 fully saturated rings. The minimum Gasteiger partial charge on any atom is -0.310 e. The van der Waals surface area contributed by atoms with Crippen molar-refractivity contribution >= 4 is 0 Å². The summed E-state index contributed by atoms with van der Waals surface area (Å²) in [6, 6.07) is 3.09. The Labute approximate surface area is 115 Å². The van der Waals surface area contributed by atoms with E-state index in [0.717, 1.165) is 18.4 Å². The topological polar surface area (TPSA) is 34.0 Å². The third kappa shape index (κ3) is 2.62. The first-order valence-electron chi connectivity index (χ1n) is 7.66. The number of aromatic nitrogens is 1. The zero-order chi connectivity index (χ0) is 13.4. The molecule has 0 aromatic carbocycles. The lowest BCUT2D eigenvalue weighted by Crippen LogP contribution is -2.32. The number of fused-ring (bicyclic) bond motifs is 1. The van der Waals surface area contributed by atoms with Gasteiger partial charge in [-0.25, -0.2) is 0 Å². The van der Waals surface area contributed by atoms with Gasteiger partial charge in [0.05, 0.1) is 0 Å². The third-order valence-electron chi connectivity index (χ3n) is 4.23. The van der Waals surface area contributed by atoms with Crippen LogP contribution in [0.1, 0.15) is 62.4 Å². The van der Waals surface area contributed by atoms with E-state index in [1.165, 1.54) is 36.9 Å². The highest BCUT2D eigenvalue weighted by Crippen LogP contribution is 2.36. The molecule has 3 nitrogen and oxygen atoms in total. The molecule has 0 unspecified atom stereocenters. The Balaban J connectivity index is 2.00. The molecule has 0 amide bonds. The Morgan fingerprint density at radius 1 is 1.32 bits per heavy atom. The van der Waals surface area contributed by atoms with Crippen LogP contribution in [0.15, 0.2) is 10.9 Å². The van der Waals surface area contributed by atoms with Crippen LogP contribution in [0.25, 0.3) is 0 Å². The number of rotatable bonds is 4. The minimum absolute atomic E-state index is 0.260. The van der Waals surface area contributed by atoms with Crippen molar-refractivity contribution in [1.82, 2.24) is 9.88 Å². The van der Waals surface area contributed by atoms with Gasteiger partial charge in [0.15, 0.2) is 0 Å². The second-order valence-electron chi connectivity index (χ2n) is 6.29. The fraction of sp³-hybridized carbons (Fsp3) is 0.688. The van der Waals surface area contributed by atoms with E-state index in [-0.39, 0.29) is 5.56 Å². The standard InChI is InChI=1S/C16H24N2O/c1-11(2)17-10-13-9-12-5-3-4-6-15(12)18(16(13)19)14-7-8-14/h9,11,14,17H,3-8,10H2,1-2H3. The highest BCUT2D eigenvalue weighted by molar-refractivity contribution is 5.30. The number of hydrogen-bond acceptors (Lipinski definition) is 2. The zero-order valence-electron chi connectivity index (χ0n) is 12.0. The van der Waals surface area contributed by atoms with Crippen molar-refractivity contribution in [2.24, 2.45) is 0 Å². The molecule has 0 radical (unpaired) electrons. The number of hydrogen-bond donors (Lipinski definition) is 1. The highest BCUT2D eigenvalue weighted by atomic mass is 16.1. The lowest BCUT2D eigenvalue weighted by Gasteiger charge is -2.22. The number of pyridine rings is 1. The summed E-state index contributed by atoms with van der Waals surface area (Å²) in [7, 11) is 0.